The largest absolute Gasteiger partial charge is 0.476 e. The fourth-order valence-electron chi connectivity index (χ4n) is 2.43. The molecule has 1 saturated heterocycles. The number of pyridine rings is 1. The summed E-state index contributed by atoms with van der Waals surface area (Å²) in [6.45, 7) is 5.78. The Hall–Kier alpha value is -1.13. The molecule has 0 aliphatic carbocycles. The van der Waals surface area contributed by atoms with Crippen molar-refractivity contribution in [3.63, 3.8) is 0 Å². The van der Waals surface area contributed by atoms with E-state index >= 15 is 0 Å². The summed E-state index contributed by atoms with van der Waals surface area (Å²) in [6.07, 6.45) is 3.85. The van der Waals surface area contributed by atoms with Crippen molar-refractivity contribution in [1.82, 2.24) is 15.2 Å². The van der Waals surface area contributed by atoms with E-state index in [0.717, 1.165) is 31.3 Å². The molecule has 4 nitrogen and oxygen atoms in total. The summed E-state index contributed by atoms with van der Waals surface area (Å²) in [5.74, 6) is 0.745. The first kappa shape index (κ1) is 14.3. The average molecular weight is 263 g/mol. The standard InChI is InChI=1S/C15H25N3O/c1-3-16-11-13-7-6-9-15(17-13)19-12-14-8-4-5-10-18(14)2/h6-7,9,14,16H,3-5,8,10-12H2,1-2H3. The monoisotopic (exact) mass is 263 g/mol. The van der Waals surface area contributed by atoms with Gasteiger partial charge in [0, 0.05) is 18.7 Å². The normalized spacial score (nSPS) is 20.4. The number of piperidine rings is 1. The first-order valence-electron chi connectivity index (χ1n) is 7.29. The van der Waals surface area contributed by atoms with Gasteiger partial charge in [-0.25, -0.2) is 4.98 Å². The summed E-state index contributed by atoms with van der Waals surface area (Å²) in [6, 6.07) is 6.52. The fourth-order valence-corrected chi connectivity index (χ4v) is 2.43. The molecule has 0 spiro atoms. The highest BCUT2D eigenvalue weighted by Gasteiger charge is 2.19. The van der Waals surface area contributed by atoms with Gasteiger partial charge in [0.2, 0.25) is 5.88 Å². The predicted molar refractivity (Wildman–Crippen MR) is 77.4 cm³/mol. The Labute approximate surface area is 116 Å². The van der Waals surface area contributed by atoms with Gasteiger partial charge < -0.3 is 15.0 Å². The Kier molecular flexibility index (Phi) is 5.61. The van der Waals surface area contributed by atoms with Crippen LogP contribution < -0.4 is 10.1 Å². The van der Waals surface area contributed by atoms with Gasteiger partial charge in [0.05, 0.1) is 5.69 Å². The number of nitrogens with one attached hydrogen (secondary N) is 1. The van der Waals surface area contributed by atoms with Gasteiger partial charge in [-0.3, -0.25) is 0 Å². The molecule has 1 aliphatic heterocycles. The number of likely N-dealkylation sites (tertiary alicyclic amines) is 1. The van der Waals surface area contributed by atoms with Gasteiger partial charge in [0.1, 0.15) is 6.61 Å². The van der Waals surface area contributed by atoms with E-state index in [9.17, 15) is 0 Å². The highest BCUT2D eigenvalue weighted by Crippen LogP contribution is 2.16. The molecule has 2 heterocycles. The Morgan fingerprint density at radius 1 is 1.42 bits per heavy atom. The number of ether oxygens (including phenoxy) is 1. The summed E-state index contributed by atoms with van der Waals surface area (Å²) in [7, 11) is 2.18. The molecule has 1 fully saturated rings. The highest BCUT2D eigenvalue weighted by atomic mass is 16.5. The predicted octanol–water partition coefficient (Wildman–Crippen LogP) is 2.05. The third kappa shape index (κ3) is 4.48. The highest BCUT2D eigenvalue weighted by molar-refractivity contribution is 5.15. The number of aromatic nitrogens is 1. The molecule has 1 aromatic rings. The van der Waals surface area contributed by atoms with Crippen LogP contribution in [-0.2, 0) is 6.54 Å². The molecule has 0 bridgehead atoms. The molecular formula is C15H25N3O. The van der Waals surface area contributed by atoms with Crippen LogP contribution in [0, 0.1) is 0 Å². The van der Waals surface area contributed by atoms with Crippen LogP contribution in [0.2, 0.25) is 0 Å². The lowest BCUT2D eigenvalue weighted by Gasteiger charge is -2.31. The maximum absolute atomic E-state index is 5.86. The van der Waals surface area contributed by atoms with Gasteiger partial charge in [0.15, 0.2) is 0 Å². The molecule has 1 N–H and O–H groups in total. The molecule has 0 radical (unpaired) electrons. The van der Waals surface area contributed by atoms with E-state index in [2.05, 4.69) is 29.2 Å². The van der Waals surface area contributed by atoms with Crippen LogP contribution in [0.4, 0.5) is 0 Å². The molecule has 0 saturated carbocycles. The van der Waals surface area contributed by atoms with Crippen LogP contribution in [0.15, 0.2) is 18.2 Å². The lowest BCUT2D eigenvalue weighted by molar-refractivity contribution is 0.122. The van der Waals surface area contributed by atoms with Crippen molar-refractivity contribution in [3.05, 3.63) is 23.9 Å². The SMILES string of the molecule is CCNCc1cccc(OCC2CCCCN2C)n1. The molecule has 106 valence electrons. The lowest BCUT2D eigenvalue weighted by Crippen LogP contribution is -2.40. The second kappa shape index (κ2) is 7.46. The summed E-state index contributed by atoms with van der Waals surface area (Å²) in [5.41, 5.74) is 1.04. The van der Waals surface area contributed by atoms with Gasteiger partial charge in [-0.15, -0.1) is 0 Å². The number of hydrogen-bond donors (Lipinski definition) is 1. The summed E-state index contributed by atoms with van der Waals surface area (Å²) >= 11 is 0. The third-order valence-corrected chi connectivity index (χ3v) is 3.68. The van der Waals surface area contributed by atoms with Gasteiger partial charge in [-0.1, -0.05) is 19.4 Å². The van der Waals surface area contributed by atoms with Crippen molar-refractivity contribution in [1.29, 1.82) is 0 Å². The second-order valence-corrected chi connectivity index (χ2v) is 5.19. The van der Waals surface area contributed by atoms with E-state index in [1.165, 1.54) is 25.8 Å². The van der Waals surface area contributed by atoms with Crippen LogP contribution in [0.3, 0.4) is 0 Å². The molecule has 1 aromatic heterocycles. The maximum Gasteiger partial charge on any atom is 0.213 e. The summed E-state index contributed by atoms with van der Waals surface area (Å²) in [5, 5.41) is 3.28. The molecule has 19 heavy (non-hydrogen) atoms. The maximum atomic E-state index is 5.86. The van der Waals surface area contributed by atoms with E-state index in [1.54, 1.807) is 0 Å². The van der Waals surface area contributed by atoms with Crippen molar-refractivity contribution in [3.8, 4) is 5.88 Å². The van der Waals surface area contributed by atoms with Gasteiger partial charge in [-0.2, -0.15) is 0 Å². The first-order chi connectivity index (χ1) is 9.29. The minimum Gasteiger partial charge on any atom is -0.476 e. The van der Waals surface area contributed by atoms with Crippen molar-refractivity contribution in [2.24, 2.45) is 0 Å². The first-order valence-corrected chi connectivity index (χ1v) is 7.29. The van der Waals surface area contributed by atoms with Crippen molar-refractivity contribution >= 4 is 0 Å². The zero-order valence-corrected chi connectivity index (χ0v) is 12.1. The zero-order chi connectivity index (χ0) is 13.5. The zero-order valence-electron chi connectivity index (χ0n) is 12.1. The molecule has 2 rings (SSSR count). The molecule has 1 atom stereocenters. The van der Waals surface area contributed by atoms with E-state index in [4.69, 9.17) is 4.74 Å². The molecular weight excluding hydrogens is 238 g/mol. The molecule has 1 unspecified atom stereocenters. The smallest absolute Gasteiger partial charge is 0.213 e. The van der Waals surface area contributed by atoms with Crippen LogP contribution in [0.5, 0.6) is 5.88 Å². The average Bonchev–Trinajstić information content (AvgIpc) is 2.45. The van der Waals surface area contributed by atoms with Crippen molar-refractivity contribution in [2.45, 2.75) is 38.8 Å². The second-order valence-electron chi connectivity index (χ2n) is 5.19. The van der Waals surface area contributed by atoms with E-state index in [1.807, 2.05) is 18.2 Å². The Balaban J connectivity index is 1.84. The van der Waals surface area contributed by atoms with E-state index in [-0.39, 0.29) is 0 Å². The Morgan fingerprint density at radius 3 is 3.11 bits per heavy atom. The number of hydrogen-bond acceptors (Lipinski definition) is 4. The van der Waals surface area contributed by atoms with Crippen LogP contribution in [0.25, 0.3) is 0 Å². The minimum absolute atomic E-state index is 0.535. The number of nitrogens with zero attached hydrogens (tertiary/aromatic N) is 2. The molecule has 0 aromatic carbocycles. The number of rotatable bonds is 6. The quantitative estimate of drug-likeness (QED) is 0.852. The minimum atomic E-state index is 0.535. The van der Waals surface area contributed by atoms with Crippen LogP contribution >= 0.6 is 0 Å². The molecule has 0 amide bonds. The number of likely N-dealkylation sites (N-methyl/N-ethyl adjacent to an activating group) is 1. The van der Waals surface area contributed by atoms with Crippen molar-refractivity contribution < 1.29 is 4.74 Å². The van der Waals surface area contributed by atoms with Crippen LogP contribution in [-0.4, -0.2) is 42.7 Å². The van der Waals surface area contributed by atoms with Crippen LogP contribution in [0.1, 0.15) is 31.9 Å². The van der Waals surface area contributed by atoms with Gasteiger partial charge in [-0.05, 0) is 39.0 Å². The Bertz CT molecular complexity index is 383. The lowest BCUT2D eigenvalue weighted by atomic mass is 10.0. The van der Waals surface area contributed by atoms with Gasteiger partial charge >= 0.3 is 0 Å². The van der Waals surface area contributed by atoms with Gasteiger partial charge in [0.25, 0.3) is 0 Å². The van der Waals surface area contributed by atoms with E-state index in [0.29, 0.717) is 6.04 Å². The topological polar surface area (TPSA) is 37.4 Å². The summed E-state index contributed by atoms with van der Waals surface area (Å²) < 4.78 is 5.86. The van der Waals surface area contributed by atoms with Crippen molar-refractivity contribution in [2.75, 3.05) is 26.7 Å². The molecule has 1 aliphatic rings. The molecule has 4 heteroatoms. The van der Waals surface area contributed by atoms with E-state index < -0.39 is 0 Å². The fraction of sp³-hybridized carbons (Fsp3) is 0.667. The summed E-state index contributed by atoms with van der Waals surface area (Å²) in [4.78, 5) is 6.91. The third-order valence-electron chi connectivity index (χ3n) is 3.68. The Morgan fingerprint density at radius 2 is 2.32 bits per heavy atom.